The molecule has 1 N–H and O–H groups in total. The van der Waals surface area contributed by atoms with E-state index in [4.69, 9.17) is 4.74 Å². The van der Waals surface area contributed by atoms with Crippen molar-refractivity contribution in [3.05, 3.63) is 0 Å². The third kappa shape index (κ3) is 1.78. The molecule has 96 valence electrons. The maximum absolute atomic E-state index is 12.4. The third-order valence-corrected chi connectivity index (χ3v) is 4.42. The van der Waals surface area contributed by atoms with Crippen LogP contribution in [0.1, 0.15) is 46.0 Å². The second-order valence-electron chi connectivity index (χ2n) is 5.61. The van der Waals surface area contributed by atoms with Crippen molar-refractivity contribution in [3.8, 4) is 0 Å². The van der Waals surface area contributed by atoms with E-state index in [1.165, 1.54) is 6.42 Å². The first kappa shape index (κ1) is 11.5. The van der Waals surface area contributed by atoms with Crippen molar-refractivity contribution in [1.29, 1.82) is 0 Å². The zero-order valence-electron chi connectivity index (χ0n) is 10.7. The van der Waals surface area contributed by atoms with E-state index in [-0.39, 0.29) is 12.2 Å². The van der Waals surface area contributed by atoms with E-state index in [0.717, 1.165) is 25.7 Å². The molecular formula is C13H22N2O2. The first-order valence-electron chi connectivity index (χ1n) is 6.94. The third-order valence-electron chi connectivity index (χ3n) is 4.42. The molecule has 4 nitrogen and oxygen atoms in total. The van der Waals surface area contributed by atoms with Gasteiger partial charge in [0.25, 0.3) is 0 Å². The van der Waals surface area contributed by atoms with Crippen LogP contribution in [0.4, 0.5) is 0 Å². The highest BCUT2D eigenvalue weighted by molar-refractivity contribution is 5.84. The Kier molecular flexibility index (Phi) is 2.87. The molecule has 0 aliphatic carbocycles. The van der Waals surface area contributed by atoms with Gasteiger partial charge >= 0.3 is 0 Å². The van der Waals surface area contributed by atoms with Gasteiger partial charge in [-0.1, -0.05) is 13.3 Å². The van der Waals surface area contributed by atoms with Gasteiger partial charge in [-0.2, -0.15) is 0 Å². The normalized spacial score (nSPS) is 44.9. The second-order valence-corrected chi connectivity index (χ2v) is 5.61. The van der Waals surface area contributed by atoms with E-state index in [2.05, 4.69) is 24.1 Å². The number of hydrogen-bond donors (Lipinski definition) is 1. The molecule has 17 heavy (non-hydrogen) atoms. The number of nitrogens with zero attached hydrogens (tertiary/aromatic N) is 1. The lowest BCUT2D eigenvalue weighted by atomic mass is 9.94. The Balaban J connectivity index is 1.72. The van der Waals surface area contributed by atoms with Gasteiger partial charge in [-0.15, -0.1) is 0 Å². The fourth-order valence-corrected chi connectivity index (χ4v) is 3.66. The summed E-state index contributed by atoms with van der Waals surface area (Å²) in [4.78, 5) is 14.4. The van der Waals surface area contributed by atoms with Crippen LogP contribution in [0.25, 0.3) is 0 Å². The lowest BCUT2D eigenvalue weighted by molar-refractivity contribution is -0.133. The summed E-state index contributed by atoms with van der Waals surface area (Å²) < 4.78 is 5.87. The van der Waals surface area contributed by atoms with Crippen molar-refractivity contribution in [2.45, 2.75) is 76.4 Å². The fourth-order valence-electron chi connectivity index (χ4n) is 3.66. The Morgan fingerprint density at radius 3 is 2.88 bits per heavy atom. The molecule has 5 unspecified atom stereocenters. The Hall–Kier alpha value is -0.610. The van der Waals surface area contributed by atoms with Crippen molar-refractivity contribution >= 4 is 5.91 Å². The van der Waals surface area contributed by atoms with E-state index >= 15 is 0 Å². The van der Waals surface area contributed by atoms with E-state index in [9.17, 15) is 4.79 Å². The van der Waals surface area contributed by atoms with Crippen molar-refractivity contribution in [3.63, 3.8) is 0 Å². The van der Waals surface area contributed by atoms with Gasteiger partial charge in [0.2, 0.25) is 5.91 Å². The monoisotopic (exact) mass is 238 g/mol. The smallest absolute Gasteiger partial charge is 0.241 e. The summed E-state index contributed by atoms with van der Waals surface area (Å²) in [5.41, 5.74) is 0. The average molecular weight is 238 g/mol. The van der Waals surface area contributed by atoms with Gasteiger partial charge in [0.1, 0.15) is 0 Å². The van der Waals surface area contributed by atoms with Crippen molar-refractivity contribution in [2.24, 2.45) is 0 Å². The Labute approximate surface area is 103 Å². The molecule has 3 heterocycles. The number of nitrogens with one attached hydrogen (secondary N) is 1. The highest BCUT2D eigenvalue weighted by Gasteiger charge is 2.49. The average Bonchev–Trinajstić information content (AvgIpc) is 2.95. The molecule has 3 aliphatic rings. The summed E-state index contributed by atoms with van der Waals surface area (Å²) in [5, 5.41) is 3.41. The molecule has 2 bridgehead atoms. The van der Waals surface area contributed by atoms with Crippen molar-refractivity contribution in [2.75, 3.05) is 0 Å². The highest BCUT2D eigenvalue weighted by atomic mass is 16.5. The molecule has 3 fully saturated rings. The lowest BCUT2D eigenvalue weighted by Crippen LogP contribution is -2.47. The van der Waals surface area contributed by atoms with Crippen molar-refractivity contribution in [1.82, 2.24) is 10.2 Å². The van der Waals surface area contributed by atoms with Gasteiger partial charge in [-0.3, -0.25) is 10.1 Å². The molecule has 1 amide bonds. The van der Waals surface area contributed by atoms with Crippen LogP contribution in [-0.4, -0.2) is 41.3 Å². The maximum Gasteiger partial charge on any atom is 0.241 e. The second kappa shape index (κ2) is 4.25. The van der Waals surface area contributed by atoms with E-state index in [1.807, 2.05) is 0 Å². The molecule has 5 atom stereocenters. The molecule has 0 radical (unpaired) electrons. The van der Waals surface area contributed by atoms with Gasteiger partial charge in [-0.25, -0.2) is 0 Å². The van der Waals surface area contributed by atoms with E-state index in [1.54, 1.807) is 0 Å². The highest BCUT2D eigenvalue weighted by Crippen LogP contribution is 2.39. The number of ether oxygens (including phenoxy) is 1. The Bertz CT molecular complexity index is 321. The van der Waals surface area contributed by atoms with Crippen LogP contribution in [0.2, 0.25) is 0 Å². The van der Waals surface area contributed by atoms with Gasteiger partial charge in [0.05, 0.1) is 30.5 Å². The van der Waals surface area contributed by atoms with Crippen LogP contribution in [0.3, 0.4) is 0 Å². The molecule has 0 spiro atoms. The van der Waals surface area contributed by atoms with Gasteiger partial charge in [-0.05, 0) is 32.6 Å². The maximum atomic E-state index is 12.4. The predicted molar refractivity (Wildman–Crippen MR) is 64.4 cm³/mol. The summed E-state index contributed by atoms with van der Waals surface area (Å²) in [6.45, 7) is 4.22. The van der Waals surface area contributed by atoms with Gasteiger partial charge < -0.3 is 9.64 Å². The number of hydrogen-bond acceptors (Lipinski definition) is 3. The standard InChI is InChI=1S/C13H22N2O2/c1-3-4-10-13(16)15(8(2)14-10)11-7-9-5-6-12(11)17-9/h8-12,14H,3-7H2,1-2H3. The quantitative estimate of drug-likeness (QED) is 0.804. The number of carbonyl (C=O) groups excluding carboxylic acids is 1. The first-order valence-corrected chi connectivity index (χ1v) is 6.94. The summed E-state index contributed by atoms with van der Waals surface area (Å²) in [6.07, 6.45) is 6.24. The predicted octanol–water partition coefficient (Wildman–Crippen LogP) is 1.25. The minimum Gasteiger partial charge on any atom is -0.373 e. The fraction of sp³-hybridized carbons (Fsp3) is 0.923. The number of fused-ring (bicyclic) bond motifs is 2. The molecule has 3 rings (SSSR count). The van der Waals surface area contributed by atoms with Crippen LogP contribution >= 0.6 is 0 Å². The van der Waals surface area contributed by atoms with Crippen LogP contribution in [0, 0.1) is 0 Å². The summed E-state index contributed by atoms with van der Waals surface area (Å²) >= 11 is 0. The number of amides is 1. The minimum absolute atomic E-state index is 0.0362. The largest absolute Gasteiger partial charge is 0.373 e. The summed E-state index contributed by atoms with van der Waals surface area (Å²) in [6, 6.07) is 0.361. The Morgan fingerprint density at radius 1 is 1.47 bits per heavy atom. The summed E-state index contributed by atoms with van der Waals surface area (Å²) in [7, 11) is 0. The molecule has 3 aliphatic heterocycles. The van der Waals surface area contributed by atoms with E-state index < -0.39 is 0 Å². The summed E-state index contributed by atoms with van der Waals surface area (Å²) in [5.74, 6) is 0.292. The van der Waals surface area contributed by atoms with Crippen LogP contribution in [0.15, 0.2) is 0 Å². The topological polar surface area (TPSA) is 41.6 Å². The zero-order valence-corrected chi connectivity index (χ0v) is 10.7. The van der Waals surface area contributed by atoms with Crippen LogP contribution < -0.4 is 5.32 Å². The number of carbonyl (C=O) groups is 1. The molecule has 0 aromatic carbocycles. The minimum atomic E-state index is 0.0362. The molecule has 3 saturated heterocycles. The first-order chi connectivity index (χ1) is 8.20. The number of rotatable bonds is 3. The molecule has 0 saturated carbocycles. The molecule has 4 heteroatoms. The zero-order chi connectivity index (χ0) is 12.0. The lowest BCUT2D eigenvalue weighted by Gasteiger charge is -2.32. The van der Waals surface area contributed by atoms with Crippen molar-refractivity contribution < 1.29 is 9.53 Å². The van der Waals surface area contributed by atoms with Gasteiger partial charge in [0.15, 0.2) is 0 Å². The SMILES string of the molecule is CCCC1NC(C)N(C2CC3CCC2O3)C1=O. The van der Waals surface area contributed by atoms with Gasteiger partial charge in [0, 0.05) is 0 Å². The molecule has 0 aromatic rings. The molecular weight excluding hydrogens is 216 g/mol. The van der Waals surface area contributed by atoms with Crippen LogP contribution in [-0.2, 0) is 9.53 Å². The van der Waals surface area contributed by atoms with E-state index in [0.29, 0.717) is 24.2 Å². The Morgan fingerprint density at radius 2 is 2.29 bits per heavy atom. The molecule has 0 aromatic heterocycles. The van der Waals surface area contributed by atoms with Crippen LogP contribution in [0.5, 0.6) is 0 Å².